The number of hydrogen-bond acceptors (Lipinski definition) is 6. The van der Waals surface area contributed by atoms with Crippen LogP contribution in [0.5, 0.6) is 0 Å². The molecule has 2 aromatic carbocycles. The van der Waals surface area contributed by atoms with Crippen molar-refractivity contribution in [2.45, 2.75) is 19.9 Å². The highest BCUT2D eigenvalue weighted by Gasteiger charge is 2.19. The molecule has 0 atom stereocenters. The number of nitrogen functional groups attached to an aromatic ring is 2. The van der Waals surface area contributed by atoms with E-state index in [9.17, 15) is 9.59 Å². The van der Waals surface area contributed by atoms with Crippen molar-refractivity contribution < 1.29 is 4.79 Å². The summed E-state index contributed by atoms with van der Waals surface area (Å²) in [6.07, 6.45) is 1.64. The number of anilines is 2. The van der Waals surface area contributed by atoms with Crippen molar-refractivity contribution >= 4 is 23.1 Å². The van der Waals surface area contributed by atoms with E-state index in [0.29, 0.717) is 41.3 Å². The van der Waals surface area contributed by atoms with E-state index in [0.717, 1.165) is 11.1 Å². The maximum absolute atomic E-state index is 13.4. The molecule has 3 rings (SSSR count). The van der Waals surface area contributed by atoms with Crippen LogP contribution in [0.15, 0.2) is 59.5 Å². The summed E-state index contributed by atoms with van der Waals surface area (Å²) in [5.74, 6) is -0.290. The van der Waals surface area contributed by atoms with E-state index >= 15 is 0 Å². The molecule has 0 aliphatic rings. The van der Waals surface area contributed by atoms with E-state index in [2.05, 4.69) is 10.7 Å². The summed E-state index contributed by atoms with van der Waals surface area (Å²) in [6, 6.07) is 14.3. The van der Waals surface area contributed by atoms with Gasteiger partial charge in [-0.2, -0.15) is 0 Å². The first-order valence-electron chi connectivity index (χ1n) is 11.0. The molecule has 1 aromatic heterocycles. The fraction of sp³-hybridized carbons (Fsp3) is 0.240. The molecule has 7 N–H and O–H groups in total. The zero-order valence-electron chi connectivity index (χ0n) is 19.7. The Balaban J connectivity index is 1.91. The Morgan fingerprint density at radius 2 is 1.88 bits per heavy atom. The maximum atomic E-state index is 13.4. The van der Waals surface area contributed by atoms with Crippen LogP contribution in [0.4, 0.5) is 11.4 Å². The number of amidine groups is 1. The average Bonchev–Trinajstić information content (AvgIpc) is 2.81. The number of nitrogens with two attached hydrogens (primary N) is 2. The highest BCUT2D eigenvalue weighted by Crippen LogP contribution is 2.25. The van der Waals surface area contributed by atoms with Gasteiger partial charge in [0.1, 0.15) is 11.5 Å². The number of benzene rings is 2. The van der Waals surface area contributed by atoms with Crippen LogP contribution in [0.3, 0.4) is 0 Å². The van der Waals surface area contributed by atoms with Crippen molar-refractivity contribution in [3.05, 3.63) is 81.6 Å². The van der Waals surface area contributed by atoms with Crippen LogP contribution in [0.2, 0.25) is 0 Å². The van der Waals surface area contributed by atoms with E-state index in [1.807, 2.05) is 37.7 Å². The molecule has 0 bridgehead atoms. The topological polar surface area (TPSA) is 142 Å². The molecule has 0 aliphatic carbocycles. The Hall–Kier alpha value is -4.11. The van der Waals surface area contributed by atoms with Gasteiger partial charge in [0.2, 0.25) is 11.3 Å². The largest absolute Gasteiger partial charge is 0.399 e. The summed E-state index contributed by atoms with van der Waals surface area (Å²) in [7, 11) is 3.68. The van der Waals surface area contributed by atoms with Gasteiger partial charge in [0.25, 0.3) is 0 Å². The molecule has 0 saturated heterocycles. The number of carbonyl (C=O) groups excluding carboxylic acids is 1. The van der Waals surface area contributed by atoms with Crippen LogP contribution in [0.1, 0.15) is 23.6 Å². The van der Waals surface area contributed by atoms with Gasteiger partial charge in [-0.05, 0) is 17.7 Å². The van der Waals surface area contributed by atoms with Gasteiger partial charge in [0, 0.05) is 55.8 Å². The number of nitrogens with zero attached hydrogens (tertiary/aromatic N) is 2. The van der Waals surface area contributed by atoms with Crippen LogP contribution >= 0.6 is 0 Å². The molecule has 0 unspecified atom stereocenters. The zero-order valence-corrected chi connectivity index (χ0v) is 19.7. The van der Waals surface area contributed by atoms with Gasteiger partial charge >= 0.3 is 0 Å². The molecule has 1 amide bonds. The number of aryl methyl sites for hydroxylation is 1. The lowest BCUT2D eigenvalue weighted by molar-refractivity contribution is -0.120. The average molecular weight is 462 g/mol. The smallest absolute Gasteiger partial charge is 0.224 e. The number of rotatable bonds is 9. The molecule has 34 heavy (non-hydrogen) atoms. The van der Waals surface area contributed by atoms with Crippen LogP contribution in [-0.4, -0.2) is 34.9 Å². The van der Waals surface area contributed by atoms with Crippen LogP contribution in [0, 0.1) is 5.41 Å². The molecular formula is C25H31N7O2. The number of pyridine rings is 1. The van der Waals surface area contributed by atoms with Gasteiger partial charge in [0.15, 0.2) is 0 Å². The minimum absolute atomic E-state index is 0.0114. The lowest BCUT2D eigenvalue weighted by atomic mass is 10.0. The summed E-state index contributed by atoms with van der Waals surface area (Å²) in [4.78, 5) is 26.3. The van der Waals surface area contributed by atoms with E-state index in [1.54, 1.807) is 47.6 Å². The highest BCUT2D eigenvalue weighted by atomic mass is 16.1. The normalized spacial score (nSPS) is 10.8. The molecular weight excluding hydrogens is 430 g/mol. The third-order valence-electron chi connectivity index (χ3n) is 5.52. The molecule has 9 heteroatoms. The van der Waals surface area contributed by atoms with Crippen molar-refractivity contribution in [2.75, 3.05) is 24.8 Å². The van der Waals surface area contributed by atoms with Crippen molar-refractivity contribution in [1.29, 1.82) is 5.41 Å². The predicted octanol–water partition coefficient (Wildman–Crippen LogP) is 2.06. The molecule has 1 heterocycles. The van der Waals surface area contributed by atoms with E-state index in [1.165, 1.54) is 0 Å². The predicted molar refractivity (Wildman–Crippen MR) is 136 cm³/mol. The number of aromatic nitrogens is 1. The standard InChI is InChI=1S/C25H31N7O2/c1-4-32(3)30-21-15-31(2)23(18-6-5-7-19(26)12-18)20(24(21)34)13-22(33)29-14-16-8-10-17(11-9-16)25(27)28/h5-12,15,30H,4,13-14,26H2,1-3H3,(H3,27,28)(H,29,33). The third kappa shape index (κ3) is 5.81. The summed E-state index contributed by atoms with van der Waals surface area (Å²) in [5, 5.41) is 12.1. The Bertz CT molecular complexity index is 1250. The third-order valence-corrected chi connectivity index (χ3v) is 5.52. The number of hydrogen-bond donors (Lipinski definition) is 5. The van der Waals surface area contributed by atoms with Crippen molar-refractivity contribution in [3.63, 3.8) is 0 Å². The Morgan fingerprint density at radius 1 is 1.18 bits per heavy atom. The van der Waals surface area contributed by atoms with Crippen LogP contribution < -0.4 is 27.6 Å². The van der Waals surface area contributed by atoms with Gasteiger partial charge in [-0.1, -0.05) is 43.3 Å². The fourth-order valence-electron chi connectivity index (χ4n) is 3.62. The lowest BCUT2D eigenvalue weighted by Crippen LogP contribution is -2.32. The molecule has 3 aromatic rings. The first kappa shape index (κ1) is 24.5. The molecule has 0 fully saturated rings. The summed E-state index contributed by atoms with van der Waals surface area (Å²) in [5.41, 5.74) is 18.6. The number of amides is 1. The first-order valence-corrected chi connectivity index (χ1v) is 11.0. The SMILES string of the molecule is CCN(C)Nc1cn(C)c(-c2cccc(N)c2)c(CC(=O)NCc2ccc(C(=N)N)cc2)c1=O. The highest BCUT2D eigenvalue weighted by molar-refractivity contribution is 5.94. The summed E-state index contributed by atoms with van der Waals surface area (Å²) >= 11 is 0. The summed E-state index contributed by atoms with van der Waals surface area (Å²) in [6.45, 7) is 2.95. The van der Waals surface area contributed by atoms with Gasteiger partial charge in [-0.25, -0.2) is 5.01 Å². The van der Waals surface area contributed by atoms with Crippen molar-refractivity contribution in [2.24, 2.45) is 12.8 Å². The Kier molecular flexibility index (Phi) is 7.70. The second kappa shape index (κ2) is 10.7. The number of hydrazine groups is 1. The zero-order chi connectivity index (χ0) is 24.8. The second-order valence-electron chi connectivity index (χ2n) is 8.13. The number of nitrogens with one attached hydrogen (secondary N) is 3. The minimum atomic E-state index is -0.279. The summed E-state index contributed by atoms with van der Waals surface area (Å²) < 4.78 is 1.84. The lowest BCUT2D eigenvalue weighted by Gasteiger charge is -2.21. The Labute approximate surface area is 198 Å². The van der Waals surface area contributed by atoms with Crippen molar-refractivity contribution in [1.82, 2.24) is 14.9 Å². The molecule has 0 radical (unpaired) electrons. The van der Waals surface area contributed by atoms with Crippen LogP contribution in [-0.2, 0) is 24.8 Å². The second-order valence-corrected chi connectivity index (χ2v) is 8.13. The molecule has 0 saturated carbocycles. The maximum Gasteiger partial charge on any atom is 0.224 e. The van der Waals surface area contributed by atoms with Gasteiger partial charge < -0.3 is 26.8 Å². The first-order chi connectivity index (χ1) is 16.2. The van der Waals surface area contributed by atoms with E-state index < -0.39 is 0 Å². The molecule has 178 valence electrons. The molecule has 0 spiro atoms. The Morgan fingerprint density at radius 3 is 2.50 bits per heavy atom. The monoisotopic (exact) mass is 461 g/mol. The fourth-order valence-corrected chi connectivity index (χ4v) is 3.62. The van der Waals surface area contributed by atoms with Gasteiger partial charge in [-0.15, -0.1) is 0 Å². The van der Waals surface area contributed by atoms with Crippen molar-refractivity contribution in [3.8, 4) is 11.3 Å². The van der Waals surface area contributed by atoms with Crippen LogP contribution in [0.25, 0.3) is 11.3 Å². The number of carbonyl (C=O) groups is 1. The van der Waals surface area contributed by atoms with E-state index in [4.69, 9.17) is 16.9 Å². The van der Waals surface area contributed by atoms with Gasteiger partial charge in [0.05, 0.1) is 12.1 Å². The minimum Gasteiger partial charge on any atom is -0.399 e. The van der Waals surface area contributed by atoms with E-state index in [-0.39, 0.29) is 23.6 Å². The van der Waals surface area contributed by atoms with Gasteiger partial charge in [-0.3, -0.25) is 15.0 Å². The molecule has 9 nitrogen and oxygen atoms in total. The molecule has 0 aliphatic heterocycles. The quantitative estimate of drug-likeness (QED) is 0.143.